The summed E-state index contributed by atoms with van der Waals surface area (Å²) in [5.74, 6) is -0.369. The zero-order valence-electron chi connectivity index (χ0n) is 15.5. The summed E-state index contributed by atoms with van der Waals surface area (Å²) in [5.41, 5.74) is 0.598. The van der Waals surface area contributed by atoms with Gasteiger partial charge in [-0.15, -0.1) is 0 Å². The monoisotopic (exact) mass is 426 g/mol. The topological polar surface area (TPSA) is 93.5 Å². The van der Waals surface area contributed by atoms with E-state index in [-0.39, 0.29) is 16.7 Å². The van der Waals surface area contributed by atoms with E-state index in [1.54, 1.807) is 29.2 Å². The molecule has 0 unspecified atom stereocenters. The predicted octanol–water partition coefficient (Wildman–Crippen LogP) is 2.57. The first-order chi connectivity index (χ1) is 13.4. The molecule has 0 atom stereocenters. The van der Waals surface area contributed by atoms with E-state index >= 15 is 0 Å². The highest BCUT2D eigenvalue weighted by Crippen LogP contribution is 2.25. The average Bonchev–Trinajstić information content (AvgIpc) is 3.14. The van der Waals surface area contributed by atoms with Gasteiger partial charge in [0.1, 0.15) is 6.73 Å². The van der Waals surface area contributed by atoms with Crippen molar-refractivity contribution in [2.45, 2.75) is 31.4 Å². The quantitative estimate of drug-likeness (QED) is 0.734. The van der Waals surface area contributed by atoms with Gasteiger partial charge in [-0.05, 0) is 44.0 Å². The molecule has 28 heavy (non-hydrogen) atoms. The highest BCUT2D eigenvalue weighted by molar-refractivity contribution is 7.89. The largest absolute Gasteiger partial charge is 0.360 e. The number of anilines is 1. The summed E-state index contributed by atoms with van der Waals surface area (Å²) in [6.45, 7) is 3.40. The van der Waals surface area contributed by atoms with Crippen molar-refractivity contribution in [2.75, 3.05) is 25.0 Å². The van der Waals surface area contributed by atoms with Gasteiger partial charge in [0.05, 0.1) is 23.0 Å². The third-order valence-electron chi connectivity index (χ3n) is 4.60. The van der Waals surface area contributed by atoms with Crippen LogP contribution in [0.2, 0.25) is 5.02 Å². The molecular weight excluding hydrogens is 404 g/mol. The average molecular weight is 427 g/mol. The number of nitrogens with one attached hydrogen (secondary N) is 1. The lowest BCUT2D eigenvalue weighted by Gasteiger charge is -2.30. The van der Waals surface area contributed by atoms with E-state index in [2.05, 4.69) is 10.4 Å². The lowest BCUT2D eigenvalue weighted by molar-refractivity contribution is -0.120. The number of carbonyl (C=O) groups excluding carboxylic acids is 1. The molecular formula is C18H23ClN4O4S. The fraction of sp³-hybridized carbons (Fsp3) is 0.444. The number of hydrogen-bond donors (Lipinski definition) is 1. The van der Waals surface area contributed by atoms with Crippen molar-refractivity contribution < 1.29 is 17.9 Å². The second kappa shape index (κ2) is 9.04. The smallest absolute Gasteiger partial charge is 0.243 e. The number of carbonyl (C=O) groups is 1. The third-order valence-corrected chi connectivity index (χ3v) is 6.77. The number of ether oxygens (including phenoxy) is 1. The molecule has 1 aromatic heterocycles. The van der Waals surface area contributed by atoms with Crippen molar-refractivity contribution in [1.82, 2.24) is 14.1 Å². The van der Waals surface area contributed by atoms with Gasteiger partial charge in [-0.3, -0.25) is 4.79 Å². The summed E-state index contributed by atoms with van der Waals surface area (Å²) in [7, 11) is -3.58. The van der Waals surface area contributed by atoms with Crippen molar-refractivity contribution in [3.63, 3.8) is 0 Å². The zero-order chi connectivity index (χ0) is 20.1. The molecule has 2 aromatic rings. The molecule has 1 fully saturated rings. The summed E-state index contributed by atoms with van der Waals surface area (Å²) in [5, 5.41) is 7.44. The molecule has 0 aliphatic carbocycles. The molecule has 0 saturated carbocycles. The summed E-state index contributed by atoms with van der Waals surface area (Å²) in [6.07, 6.45) is 4.20. The number of benzene rings is 1. The van der Waals surface area contributed by atoms with Crippen molar-refractivity contribution >= 4 is 33.2 Å². The van der Waals surface area contributed by atoms with Gasteiger partial charge in [-0.1, -0.05) is 11.6 Å². The highest BCUT2D eigenvalue weighted by atomic mass is 35.5. The fourth-order valence-electron chi connectivity index (χ4n) is 3.04. The molecule has 2 heterocycles. The SMILES string of the molecule is CCOCn1cc(NC(=O)C2CCN(S(=O)(=O)c3ccc(Cl)cc3)CC2)cn1. The maximum atomic E-state index is 12.7. The Morgan fingerprint density at radius 2 is 1.96 bits per heavy atom. The van der Waals surface area contributed by atoms with E-state index in [0.717, 1.165) is 0 Å². The van der Waals surface area contributed by atoms with Gasteiger partial charge in [0.15, 0.2) is 0 Å². The van der Waals surface area contributed by atoms with E-state index in [9.17, 15) is 13.2 Å². The molecule has 1 aliphatic rings. The number of piperidine rings is 1. The molecule has 1 N–H and O–H groups in total. The van der Waals surface area contributed by atoms with Crippen molar-refractivity contribution in [2.24, 2.45) is 5.92 Å². The Labute approximate surface area is 169 Å². The Morgan fingerprint density at radius 1 is 1.29 bits per heavy atom. The predicted molar refractivity (Wildman–Crippen MR) is 105 cm³/mol. The van der Waals surface area contributed by atoms with Crippen LogP contribution in [0.3, 0.4) is 0 Å². The highest BCUT2D eigenvalue weighted by Gasteiger charge is 2.32. The Balaban J connectivity index is 1.55. The summed E-state index contributed by atoms with van der Waals surface area (Å²) in [4.78, 5) is 12.7. The number of halogens is 1. The second-order valence-corrected chi connectivity index (χ2v) is 8.89. The van der Waals surface area contributed by atoms with E-state index in [0.29, 0.717) is 50.0 Å². The number of hydrogen-bond acceptors (Lipinski definition) is 5. The normalized spacial score (nSPS) is 16.2. The van der Waals surface area contributed by atoms with Crippen LogP contribution in [0.5, 0.6) is 0 Å². The fourth-order valence-corrected chi connectivity index (χ4v) is 4.64. The van der Waals surface area contributed by atoms with Gasteiger partial charge in [0, 0.05) is 30.6 Å². The minimum absolute atomic E-state index is 0.125. The minimum Gasteiger partial charge on any atom is -0.360 e. The van der Waals surface area contributed by atoms with E-state index in [4.69, 9.17) is 16.3 Å². The standard InChI is InChI=1S/C18H23ClN4O4S/c1-2-27-13-22-12-16(11-20-22)21-18(24)14-7-9-23(10-8-14)28(25,26)17-5-3-15(19)4-6-17/h3-6,11-12,14H,2,7-10,13H2,1H3,(H,21,24). The van der Waals surface area contributed by atoms with E-state index in [1.165, 1.54) is 16.4 Å². The lowest BCUT2D eigenvalue weighted by Crippen LogP contribution is -2.41. The Hall–Kier alpha value is -1.94. The first-order valence-electron chi connectivity index (χ1n) is 9.07. The molecule has 0 bridgehead atoms. The van der Waals surface area contributed by atoms with Gasteiger partial charge in [-0.2, -0.15) is 9.40 Å². The number of sulfonamides is 1. The van der Waals surface area contributed by atoms with Crippen LogP contribution in [-0.4, -0.2) is 48.1 Å². The Kier molecular flexibility index (Phi) is 6.71. The summed E-state index contributed by atoms with van der Waals surface area (Å²) < 4.78 is 33.7. The van der Waals surface area contributed by atoms with Gasteiger partial charge in [0.2, 0.25) is 15.9 Å². The molecule has 8 nitrogen and oxygen atoms in total. The Bertz CT molecular complexity index is 906. The molecule has 152 valence electrons. The summed E-state index contributed by atoms with van der Waals surface area (Å²) >= 11 is 5.83. The van der Waals surface area contributed by atoms with Crippen LogP contribution in [0.4, 0.5) is 5.69 Å². The van der Waals surface area contributed by atoms with Crippen LogP contribution in [0, 0.1) is 5.92 Å². The van der Waals surface area contributed by atoms with Gasteiger partial charge in [0.25, 0.3) is 0 Å². The number of aromatic nitrogens is 2. The first kappa shape index (κ1) is 20.8. The van der Waals surface area contributed by atoms with Crippen LogP contribution in [0.25, 0.3) is 0 Å². The van der Waals surface area contributed by atoms with E-state index in [1.807, 2.05) is 6.92 Å². The van der Waals surface area contributed by atoms with Crippen LogP contribution in [0.1, 0.15) is 19.8 Å². The molecule has 1 amide bonds. The number of nitrogens with zero attached hydrogens (tertiary/aromatic N) is 3. The molecule has 1 saturated heterocycles. The van der Waals surface area contributed by atoms with Crippen LogP contribution < -0.4 is 5.32 Å². The van der Waals surface area contributed by atoms with Crippen molar-refractivity contribution in [3.05, 3.63) is 41.7 Å². The molecule has 0 spiro atoms. The molecule has 0 radical (unpaired) electrons. The number of amides is 1. The molecule has 3 rings (SSSR count). The molecule has 10 heteroatoms. The van der Waals surface area contributed by atoms with Crippen molar-refractivity contribution in [1.29, 1.82) is 0 Å². The maximum Gasteiger partial charge on any atom is 0.243 e. The molecule has 1 aromatic carbocycles. The Morgan fingerprint density at radius 3 is 2.61 bits per heavy atom. The minimum atomic E-state index is -3.58. The zero-order valence-corrected chi connectivity index (χ0v) is 17.1. The van der Waals surface area contributed by atoms with Crippen molar-refractivity contribution in [3.8, 4) is 0 Å². The van der Waals surface area contributed by atoms with Gasteiger partial charge in [-0.25, -0.2) is 13.1 Å². The van der Waals surface area contributed by atoms with Gasteiger partial charge >= 0.3 is 0 Å². The third kappa shape index (κ3) is 4.91. The lowest BCUT2D eigenvalue weighted by atomic mass is 9.97. The molecule has 1 aliphatic heterocycles. The van der Waals surface area contributed by atoms with E-state index < -0.39 is 10.0 Å². The maximum absolute atomic E-state index is 12.7. The van der Waals surface area contributed by atoms with Crippen LogP contribution in [0.15, 0.2) is 41.6 Å². The van der Waals surface area contributed by atoms with Crippen LogP contribution in [-0.2, 0) is 26.3 Å². The number of rotatable bonds is 7. The second-order valence-electron chi connectivity index (χ2n) is 6.51. The van der Waals surface area contributed by atoms with Gasteiger partial charge < -0.3 is 10.1 Å². The van der Waals surface area contributed by atoms with Crippen LogP contribution >= 0.6 is 11.6 Å². The first-order valence-corrected chi connectivity index (χ1v) is 10.9. The summed E-state index contributed by atoms with van der Waals surface area (Å²) in [6, 6.07) is 6.10.